The molecule has 1 aromatic rings. The zero-order chi connectivity index (χ0) is 18.0. The van der Waals surface area contributed by atoms with Gasteiger partial charge in [0.15, 0.2) is 0 Å². The lowest BCUT2D eigenvalue weighted by Crippen LogP contribution is -2.62. The minimum Gasteiger partial charge on any atom is -0.349 e. The van der Waals surface area contributed by atoms with Crippen molar-refractivity contribution in [2.75, 3.05) is 13.1 Å². The quantitative estimate of drug-likeness (QED) is 0.882. The number of rotatable bonds is 5. The maximum atomic E-state index is 13.1. The van der Waals surface area contributed by atoms with Crippen LogP contribution in [0.2, 0.25) is 0 Å². The van der Waals surface area contributed by atoms with Crippen LogP contribution < -0.4 is 5.32 Å². The number of nitrogens with zero attached hydrogens (tertiary/aromatic N) is 2. The van der Waals surface area contributed by atoms with Crippen LogP contribution in [0.5, 0.6) is 0 Å². The summed E-state index contributed by atoms with van der Waals surface area (Å²) in [5, 5.41) is 3.26. The smallest absolute Gasteiger partial charge is 0.255 e. The average Bonchev–Trinajstić information content (AvgIpc) is 3.31. The van der Waals surface area contributed by atoms with E-state index in [0.29, 0.717) is 18.7 Å². The van der Waals surface area contributed by atoms with E-state index in [1.807, 2.05) is 0 Å². The van der Waals surface area contributed by atoms with E-state index in [1.165, 1.54) is 38.5 Å². The third kappa shape index (κ3) is 3.49. The van der Waals surface area contributed by atoms with Gasteiger partial charge in [-0.1, -0.05) is 38.5 Å². The first-order valence-electron chi connectivity index (χ1n) is 10.2. The van der Waals surface area contributed by atoms with Crippen LogP contribution in [-0.4, -0.2) is 40.8 Å². The number of likely N-dealkylation sites (tertiary alicyclic amines) is 1. The second-order valence-electron chi connectivity index (χ2n) is 8.46. The van der Waals surface area contributed by atoms with Crippen LogP contribution in [0.3, 0.4) is 0 Å². The lowest BCUT2D eigenvalue weighted by molar-refractivity contribution is -0.133. The molecular weight excluding hydrogens is 326 g/mol. The fourth-order valence-corrected chi connectivity index (χ4v) is 5.09. The second-order valence-corrected chi connectivity index (χ2v) is 8.46. The van der Waals surface area contributed by atoms with Crippen LogP contribution in [0.15, 0.2) is 24.5 Å². The van der Waals surface area contributed by atoms with Gasteiger partial charge in [0.2, 0.25) is 5.91 Å². The molecule has 1 N–H and O–H groups in total. The summed E-state index contributed by atoms with van der Waals surface area (Å²) in [5.74, 6) is 0.995. The molecule has 3 fully saturated rings. The standard InChI is InChI=1S/C21H29N3O2/c25-19(17-8-5-11-22-13-17)24-14-18(15-24)23-20(26)21(9-3-4-10-21)12-16-6-1-2-7-16/h5,8,11,13,16,18H,1-4,6-7,9-10,12,14-15H2,(H,23,26). The molecule has 4 rings (SSSR count). The molecule has 2 amide bonds. The number of aromatic nitrogens is 1. The van der Waals surface area contributed by atoms with Crippen molar-refractivity contribution in [2.24, 2.45) is 11.3 Å². The van der Waals surface area contributed by atoms with Gasteiger partial charge in [-0.2, -0.15) is 0 Å². The van der Waals surface area contributed by atoms with E-state index in [2.05, 4.69) is 10.3 Å². The summed E-state index contributed by atoms with van der Waals surface area (Å²) in [6.45, 7) is 1.22. The number of pyridine rings is 1. The van der Waals surface area contributed by atoms with Crippen molar-refractivity contribution in [1.82, 2.24) is 15.2 Å². The van der Waals surface area contributed by atoms with Gasteiger partial charge in [-0.3, -0.25) is 14.6 Å². The first kappa shape index (κ1) is 17.5. The van der Waals surface area contributed by atoms with Gasteiger partial charge in [0, 0.05) is 30.9 Å². The van der Waals surface area contributed by atoms with Gasteiger partial charge in [-0.25, -0.2) is 0 Å². The molecular formula is C21H29N3O2. The third-order valence-corrected chi connectivity index (χ3v) is 6.61. The van der Waals surface area contributed by atoms with Crippen molar-refractivity contribution >= 4 is 11.8 Å². The van der Waals surface area contributed by atoms with Gasteiger partial charge in [0.1, 0.15) is 0 Å². The predicted octanol–water partition coefficient (Wildman–Crippen LogP) is 3.16. The lowest BCUT2D eigenvalue weighted by atomic mass is 9.76. The maximum Gasteiger partial charge on any atom is 0.255 e. The van der Waals surface area contributed by atoms with Crippen LogP contribution in [0.1, 0.15) is 68.1 Å². The molecule has 5 nitrogen and oxygen atoms in total. The Labute approximate surface area is 155 Å². The maximum absolute atomic E-state index is 13.1. The monoisotopic (exact) mass is 355 g/mol. The van der Waals surface area contributed by atoms with Gasteiger partial charge in [0.05, 0.1) is 11.6 Å². The van der Waals surface area contributed by atoms with Crippen molar-refractivity contribution in [3.05, 3.63) is 30.1 Å². The summed E-state index contributed by atoms with van der Waals surface area (Å²) < 4.78 is 0. The fraction of sp³-hybridized carbons (Fsp3) is 0.667. The summed E-state index contributed by atoms with van der Waals surface area (Å²) in [6.07, 6.45) is 14.0. The molecule has 1 aliphatic heterocycles. The Morgan fingerprint density at radius 2 is 1.88 bits per heavy atom. The predicted molar refractivity (Wildman–Crippen MR) is 99.5 cm³/mol. The molecule has 0 aromatic carbocycles. The SMILES string of the molecule is O=C(c1cccnc1)N1CC(NC(=O)C2(CC3CCCC3)CCCC2)C1. The van der Waals surface area contributed by atoms with Gasteiger partial charge in [-0.05, 0) is 37.3 Å². The third-order valence-electron chi connectivity index (χ3n) is 6.61. The summed E-state index contributed by atoms with van der Waals surface area (Å²) >= 11 is 0. The van der Waals surface area contributed by atoms with Gasteiger partial charge < -0.3 is 10.2 Å². The van der Waals surface area contributed by atoms with Crippen LogP contribution in [0, 0.1) is 11.3 Å². The number of amides is 2. The highest BCUT2D eigenvalue weighted by atomic mass is 16.2. The molecule has 0 atom stereocenters. The van der Waals surface area contributed by atoms with Crippen LogP contribution in [-0.2, 0) is 4.79 Å². The summed E-state index contributed by atoms with van der Waals surface area (Å²) in [6, 6.07) is 3.67. The topological polar surface area (TPSA) is 62.3 Å². The van der Waals surface area contributed by atoms with Crippen molar-refractivity contribution in [3.8, 4) is 0 Å². The fourth-order valence-electron chi connectivity index (χ4n) is 5.09. The minimum absolute atomic E-state index is 0.00475. The van der Waals surface area contributed by atoms with Crippen molar-refractivity contribution in [1.29, 1.82) is 0 Å². The molecule has 0 radical (unpaired) electrons. The lowest BCUT2D eigenvalue weighted by Gasteiger charge is -2.41. The number of hydrogen-bond acceptors (Lipinski definition) is 3. The molecule has 0 spiro atoms. The van der Waals surface area contributed by atoms with Crippen molar-refractivity contribution in [2.45, 2.75) is 63.8 Å². The molecule has 140 valence electrons. The number of carbonyl (C=O) groups excluding carboxylic acids is 2. The minimum atomic E-state index is -0.136. The Kier molecular flexibility index (Phi) is 4.96. The van der Waals surface area contributed by atoms with Crippen LogP contribution >= 0.6 is 0 Å². The molecule has 2 heterocycles. The first-order chi connectivity index (χ1) is 12.7. The van der Waals surface area contributed by atoms with E-state index in [9.17, 15) is 9.59 Å². The summed E-state index contributed by atoms with van der Waals surface area (Å²) in [4.78, 5) is 31.3. The first-order valence-corrected chi connectivity index (χ1v) is 10.2. The highest BCUT2D eigenvalue weighted by Gasteiger charge is 2.44. The molecule has 0 unspecified atom stereocenters. The highest BCUT2D eigenvalue weighted by molar-refractivity contribution is 5.94. The summed E-state index contributed by atoms with van der Waals surface area (Å²) in [5.41, 5.74) is 0.480. The Morgan fingerprint density at radius 1 is 1.15 bits per heavy atom. The average molecular weight is 355 g/mol. The molecule has 2 aliphatic carbocycles. The van der Waals surface area contributed by atoms with E-state index in [-0.39, 0.29) is 23.3 Å². The molecule has 0 bridgehead atoms. The molecule has 26 heavy (non-hydrogen) atoms. The Hall–Kier alpha value is -1.91. The van der Waals surface area contributed by atoms with Crippen LogP contribution in [0.4, 0.5) is 0 Å². The Bertz CT molecular complexity index is 642. The Balaban J connectivity index is 1.31. The molecule has 5 heteroatoms. The molecule has 2 saturated carbocycles. The molecule has 1 aromatic heterocycles. The second kappa shape index (κ2) is 7.37. The number of hydrogen-bond donors (Lipinski definition) is 1. The van der Waals surface area contributed by atoms with Crippen molar-refractivity contribution < 1.29 is 9.59 Å². The van der Waals surface area contributed by atoms with Crippen LogP contribution in [0.25, 0.3) is 0 Å². The molecule has 1 saturated heterocycles. The van der Waals surface area contributed by atoms with E-state index < -0.39 is 0 Å². The highest BCUT2D eigenvalue weighted by Crippen LogP contribution is 2.46. The van der Waals surface area contributed by atoms with Crippen molar-refractivity contribution in [3.63, 3.8) is 0 Å². The van der Waals surface area contributed by atoms with E-state index in [4.69, 9.17) is 0 Å². The molecule has 3 aliphatic rings. The van der Waals surface area contributed by atoms with Gasteiger partial charge in [-0.15, -0.1) is 0 Å². The largest absolute Gasteiger partial charge is 0.349 e. The normalized spacial score (nSPS) is 23.0. The zero-order valence-electron chi connectivity index (χ0n) is 15.5. The van der Waals surface area contributed by atoms with E-state index >= 15 is 0 Å². The Morgan fingerprint density at radius 3 is 2.54 bits per heavy atom. The zero-order valence-corrected chi connectivity index (χ0v) is 15.5. The van der Waals surface area contributed by atoms with Gasteiger partial charge >= 0.3 is 0 Å². The number of nitrogens with one attached hydrogen (secondary N) is 1. The summed E-state index contributed by atoms with van der Waals surface area (Å²) in [7, 11) is 0. The number of carbonyl (C=O) groups is 2. The van der Waals surface area contributed by atoms with Gasteiger partial charge in [0.25, 0.3) is 5.91 Å². The van der Waals surface area contributed by atoms with E-state index in [1.54, 1.807) is 29.4 Å². The van der Waals surface area contributed by atoms with E-state index in [0.717, 1.165) is 25.2 Å².